The molecule has 0 bridgehead atoms. The van der Waals surface area contributed by atoms with Gasteiger partial charge in [-0.15, -0.1) is 0 Å². The largest absolute Gasteiger partial charge is 0.459 e. The van der Waals surface area contributed by atoms with E-state index < -0.39 is 0 Å². The number of halogens is 1. The molecule has 84 valence electrons. The molecule has 3 heteroatoms. The molecule has 1 saturated carbocycles. The molecule has 2 nitrogen and oxygen atoms in total. The highest BCUT2D eigenvalue weighted by atomic mass is 19.1. The van der Waals surface area contributed by atoms with E-state index in [1.54, 1.807) is 12.1 Å². The van der Waals surface area contributed by atoms with E-state index in [-0.39, 0.29) is 5.82 Å². The summed E-state index contributed by atoms with van der Waals surface area (Å²) in [6.07, 6.45) is 2.49. The smallest absolute Gasteiger partial charge is 0.140 e. The summed E-state index contributed by atoms with van der Waals surface area (Å²) in [4.78, 5) is 0. The van der Waals surface area contributed by atoms with E-state index in [4.69, 9.17) is 4.42 Å². The Bertz CT molecular complexity index is 489. The highest BCUT2D eigenvalue weighted by Gasteiger charge is 2.21. The minimum absolute atomic E-state index is 0.206. The molecule has 0 unspecified atom stereocenters. The second kappa shape index (κ2) is 3.59. The molecule has 1 heterocycles. The van der Waals surface area contributed by atoms with Gasteiger partial charge in [0.15, 0.2) is 0 Å². The normalized spacial score (nSPS) is 15.9. The zero-order chi connectivity index (χ0) is 11.1. The van der Waals surface area contributed by atoms with Crippen LogP contribution >= 0.6 is 0 Å². The lowest BCUT2D eigenvalue weighted by atomic mass is 10.1. The summed E-state index contributed by atoms with van der Waals surface area (Å²) in [5, 5.41) is 3.95. The predicted molar refractivity (Wildman–Crippen MR) is 60.8 cm³/mol. The first-order chi connectivity index (χ1) is 7.74. The van der Waals surface area contributed by atoms with Gasteiger partial charge in [0.2, 0.25) is 0 Å². The predicted octanol–water partition coefficient (Wildman–Crippen LogP) is 3.13. The Kier molecular flexibility index (Phi) is 2.21. The molecule has 2 aromatic rings. The summed E-state index contributed by atoms with van der Waals surface area (Å²) >= 11 is 0. The molecule has 0 atom stereocenters. The van der Waals surface area contributed by atoms with Crippen LogP contribution in [0.1, 0.15) is 24.2 Å². The van der Waals surface area contributed by atoms with Crippen molar-refractivity contribution < 1.29 is 8.81 Å². The van der Waals surface area contributed by atoms with Crippen LogP contribution in [-0.2, 0) is 6.54 Å². The van der Waals surface area contributed by atoms with Crippen molar-refractivity contribution in [2.45, 2.75) is 32.4 Å². The topological polar surface area (TPSA) is 25.2 Å². The van der Waals surface area contributed by atoms with E-state index in [9.17, 15) is 4.39 Å². The Labute approximate surface area is 93.4 Å². The summed E-state index contributed by atoms with van der Waals surface area (Å²) in [6, 6.07) is 5.68. The molecule has 1 aliphatic carbocycles. The standard InChI is InChI=1S/C13H14FNO/c1-8-2-5-12(14)11-6-10(16-13(8)11)7-15-9-3-4-9/h2,5-6,9,15H,3-4,7H2,1H3. The third-order valence-corrected chi connectivity index (χ3v) is 3.02. The molecule has 0 amide bonds. The summed E-state index contributed by atoms with van der Waals surface area (Å²) in [5.74, 6) is 0.608. The van der Waals surface area contributed by atoms with E-state index in [0.717, 1.165) is 11.3 Å². The summed E-state index contributed by atoms with van der Waals surface area (Å²) < 4.78 is 19.2. The number of fused-ring (bicyclic) bond motifs is 1. The molecule has 1 aromatic heterocycles. The molecule has 1 N–H and O–H groups in total. The number of aryl methyl sites for hydroxylation is 1. The van der Waals surface area contributed by atoms with Crippen LogP contribution in [0.2, 0.25) is 0 Å². The second-order valence-corrected chi connectivity index (χ2v) is 4.47. The van der Waals surface area contributed by atoms with Crippen LogP contribution in [0.25, 0.3) is 11.0 Å². The van der Waals surface area contributed by atoms with Crippen LogP contribution in [-0.4, -0.2) is 6.04 Å². The van der Waals surface area contributed by atoms with Gasteiger partial charge in [-0.05, 0) is 37.5 Å². The summed E-state index contributed by atoms with van der Waals surface area (Å²) in [5.41, 5.74) is 1.65. The van der Waals surface area contributed by atoms with E-state index in [1.165, 1.54) is 18.9 Å². The van der Waals surface area contributed by atoms with Crippen LogP contribution in [0.15, 0.2) is 22.6 Å². The van der Waals surface area contributed by atoms with Crippen molar-refractivity contribution in [1.82, 2.24) is 5.32 Å². The summed E-state index contributed by atoms with van der Waals surface area (Å²) in [6.45, 7) is 2.63. The first-order valence-corrected chi connectivity index (χ1v) is 5.65. The van der Waals surface area contributed by atoms with Gasteiger partial charge in [0, 0.05) is 6.04 Å². The molecule has 0 saturated heterocycles. The van der Waals surface area contributed by atoms with Gasteiger partial charge in [-0.3, -0.25) is 0 Å². The Morgan fingerprint density at radius 3 is 2.94 bits per heavy atom. The van der Waals surface area contributed by atoms with Gasteiger partial charge in [-0.2, -0.15) is 0 Å². The lowest BCUT2D eigenvalue weighted by molar-refractivity contribution is 0.511. The Hall–Kier alpha value is -1.35. The van der Waals surface area contributed by atoms with E-state index in [2.05, 4.69) is 5.32 Å². The van der Waals surface area contributed by atoms with Crippen LogP contribution < -0.4 is 5.32 Å². The highest BCUT2D eigenvalue weighted by Crippen LogP contribution is 2.26. The molecule has 1 fully saturated rings. The maximum atomic E-state index is 13.5. The van der Waals surface area contributed by atoms with Gasteiger partial charge >= 0.3 is 0 Å². The van der Waals surface area contributed by atoms with Gasteiger partial charge in [-0.25, -0.2) is 4.39 Å². The van der Waals surface area contributed by atoms with Gasteiger partial charge in [0.1, 0.15) is 17.2 Å². The minimum atomic E-state index is -0.206. The van der Waals surface area contributed by atoms with E-state index in [0.29, 0.717) is 23.6 Å². The zero-order valence-corrected chi connectivity index (χ0v) is 9.22. The second-order valence-electron chi connectivity index (χ2n) is 4.47. The first-order valence-electron chi connectivity index (χ1n) is 5.65. The van der Waals surface area contributed by atoms with Crippen molar-refractivity contribution in [3.8, 4) is 0 Å². The average molecular weight is 219 g/mol. The van der Waals surface area contributed by atoms with Crippen LogP contribution in [0.4, 0.5) is 4.39 Å². The van der Waals surface area contributed by atoms with E-state index in [1.807, 2.05) is 6.92 Å². The molecule has 1 aliphatic rings. The fourth-order valence-electron chi connectivity index (χ4n) is 1.90. The Morgan fingerprint density at radius 2 is 2.25 bits per heavy atom. The Morgan fingerprint density at radius 1 is 1.44 bits per heavy atom. The highest BCUT2D eigenvalue weighted by molar-refractivity contribution is 5.81. The maximum Gasteiger partial charge on any atom is 0.140 e. The van der Waals surface area contributed by atoms with Gasteiger partial charge < -0.3 is 9.73 Å². The maximum absolute atomic E-state index is 13.5. The zero-order valence-electron chi connectivity index (χ0n) is 9.22. The van der Waals surface area contributed by atoms with Crippen molar-refractivity contribution in [3.05, 3.63) is 35.3 Å². The third-order valence-electron chi connectivity index (χ3n) is 3.02. The number of rotatable bonds is 3. The van der Waals surface area contributed by atoms with Crippen molar-refractivity contribution in [2.24, 2.45) is 0 Å². The van der Waals surface area contributed by atoms with E-state index >= 15 is 0 Å². The van der Waals surface area contributed by atoms with Crippen molar-refractivity contribution in [2.75, 3.05) is 0 Å². The first kappa shape index (κ1) is 9.85. The number of hydrogen-bond acceptors (Lipinski definition) is 2. The molecule has 3 rings (SSSR count). The monoisotopic (exact) mass is 219 g/mol. The van der Waals surface area contributed by atoms with Crippen molar-refractivity contribution in [3.63, 3.8) is 0 Å². The summed E-state index contributed by atoms with van der Waals surface area (Å²) in [7, 11) is 0. The Balaban J connectivity index is 1.94. The molecule has 0 radical (unpaired) electrons. The number of nitrogens with one attached hydrogen (secondary N) is 1. The average Bonchev–Trinajstić information content (AvgIpc) is 2.99. The molecule has 0 spiro atoms. The molecule has 1 aromatic carbocycles. The van der Waals surface area contributed by atoms with Crippen LogP contribution in [0.5, 0.6) is 0 Å². The lowest BCUT2D eigenvalue weighted by Gasteiger charge is -1.97. The minimum Gasteiger partial charge on any atom is -0.459 e. The van der Waals surface area contributed by atoms with Crippen LogP contribution in [0, 0.1) is 12.7 Å². The van der Waals surface area contributed by atoms with Crippen molar-refractivity contribution in [1.29, 1.82) is 0 Å². The van der Waals surface area contributed by atoms with Gasteiger partial charge in [-0.1, -0.05) is 6.07 Å². The van der Waals surface area contributed by atoms with Gasteiger partial charge in [0.05, 0.1) is 11.9 Å². The van der Waals surface area contributed by atoms with Crippen LogP contribution in [0.3, 0.4) is 0 Å². The molecule has 16 heavy (non-hydrogen) atoms. The van der Waals surface area contributed by atoms with Crippen molar-refractivity contribution >= 4 is 11.0 Å². The third kappa shape index (κ3) is 1.71. The molecule has 0 aliphatic heterocycles. The number of benzene rings is 1. The number of furan rings is 1. The lowest BCUT2D eigenvalue weighted by Crippen LogP contribution is -2.14. The quantitative estimate of drug-likeness (QED) is 0.858. The number of hydrogen-bond donors (Lipinski definition) is 1. The molecular weight excluding hydrogens is 205 g/mol. The SMILES string of the molecule is Cc1ccc(F)c2cc(CNC3CC3)oc12. The fourth-order valence-corrected chi connectivity index (χ4v) is 1.90. The fraction of sp³-hybridized carbons (Fsp3) is 0.385. The van der Waals surface area contributed by atoms with Gasteiger partial charge in [0.25, 0.3) is 0 Å². The molecular formula is C13H14FNO.